The lowest BCUT2D eigenvalue weighted by Gasteiger charge is -2.37. The number of alkyl halides is 2. The highest BCUT2D eigenvalue weighted by molar-refractivity contribution is 5.50. The molecule has 1 aromatic rings. The van der Waals surface area contributed by atoms with Gasteiger partial charge in [-0.1, -0.05) is 47.6 Å². The second-order valence-corrected chi connectivity index (χ2v) is 9.39. The van der Waals surface area contributed by atoms with Crippen LogP contribution in [0.25, 0.3) is 0 Å². The number of nitrogens with zero attached hydrogens (tertiary/aromatic N) is 1. The van der Waals surface area contributed by atoms with E-state index < -0.39 is 12.5 Å². The van der Waals surface area contributed by atoms with Gasteiger partial charge in [0.2, 0.25) is 6.43 Å². The van der Waals surface area contributed by atoms with E-state index in [4.69, 9.17) is 0 Å². The minimum atomic E-state index is -2.41. The van der Waals surface area contributed by atoms with Crippen molar-refractivity contribution in [3.8, 4) is 5.75 Å². The molecule has 0 saturated carbocycles. The Morgan fingerprint density at radius 1 is 1.04 bits per heavy atom. The van der Waals surface area contributed by atoms with E-state index >= 15 is 0 Å². The van der Waals surface area contributed by atoms with Gasteiger partial charge in [0, 0.05) is 44.2 Å². The van der Waals surface area contributed by atoms with Crippen LogP contribution in [-0.2, 0) is 10.8 Å². The van der Waals surface area contributed by atoms with Crippen LogP contribution in [-0.4, -0.2) is 42.6 Å². The second kappa shape index (κ2) is 7.81. The van der Waals surface area contributed by atoms with Crippen molar-refractivity contribution in [2.24, 2.45) is 0 Å². The molecule has 0 radical (unpaired) electrons. The molecule has 1 aromatic carbocycles. The van der Waals surface area contributed by atoms with Crippen molar-refractivity contribution in [1.82, 2.24) is 10.2 Å². The molecule has 1 aliphatic heterocycles. The van der Waals surface area contributed by atoms with Gasteiger partial charge in [-0.25, -0.2) is 8.78 Å². The standard InChI is InChI=1S/C21H34F2N2O/c1-20(2,3)14-11-15(19(26)16(12-14)21(4,5)6)17(13-18(22)23)25-9-7-24-8-10-25/h11-12,17-18,24,26H,7-10,13H2,1-6H3/t17-/m1/s1. The van der Waals surface area contributed by atoms with Crippen LogP contribution in [0.15, 0.2) is 12.1 Å². The van der Waals surface area contributed by atoms with Crippen LogP contribution >= 0.6 is 0 Å². The fraction of sp³-hybridized carbons (Fsp3) is 0.714. The van der Waals surface area contributed by atoms with Crippen molar-refractivity contribution < 1.29 is 13.9 Å². The highest BCUT2D eigenvalue weighted by Gasteiger charge is 2.32. The zero-order chi connectivity index (χ0) is 19.7. The van der Waals surface area contributed by atoms with E-state index in [1.165, 1.54) is 0 Å². The number of phenols is 1. The van der Waals surface area contributed by atoms with Gasteiger partial charge < -0.3 is 10.4 Å². The normalized spacial score (nSPS) is 18.3. The zero-order valence-corrected chi connectivity index (χ0v) is 17.0. The molecule has 3 nitrogen and oxygen atoms in total. The highest BCUT2D eigenvalue weighted by Crippen LogP contribution is 2.42. The summed E-state index contributed by atoms with van der Waals surface area (Å²) in [6.07, 6.45) is -2.67. The molecule has 0 aromatic heterocycles. The molecule has 148 valence electrons. The maximum absolute atomic E-state index is 13.4. The van der Waals surface area contributed by atoms with Gasteiger partial charge in [-0.05, 0) is 28.0 Å². The van der Waals surface area contributed by atoms with Gasteiger partial charge in [0.25, 0.3) is 0 Å². The van der Waals surface area contributed by atoms with E-state index in [0.717, 1.165) is 24.2 Å². The fourth-order valence-electron chi connectivity index (χ4n) is 3.55. The summed E-state index contributed by atoms with van der Waals surface area (Å²) in [5.74, 6) is 0.176. The van der Waals surface area contributed by atoms with E-state index in [9.17, 15) is 13.9 Å². The van der Waals surface area contributed by atoms with E-state index in [0.29, 0.717) is 18.7 Å². The first kappa shape index (κ1) is 21.1. The van der Waals surface area contributed by atoms with Crippen molar-refractivity contribution in [3.63, 3.8) is 0 Å². The van der Waals surface area contributed by atoms with Gasteiger partial charge in [-0.3, -0.25) is 4.90 Å². The number of aromatic hydroxyl groups is 1. The quantitative estimate of drug-likeness (QED) is 0.816. The van der Waals surface area contributed by atoms with E-state index in [1.807, 2.05) is 32.9 Å². The summed E-state index contributed by atoms with van der Waals surface area (Å²) in [6, 6.07) is 3.51. The molecule has 1 heterocycles. The Bertz CT molecular complexity index is 612. The van der Waals surface area contributed by atoms with E-state index in [1.54, 1.807) is 0 Å². The maximum Gasteiger partial charge on any atom is 0.240 e. The number of phenolic OH excluding ortho intramolecular Hbond substituents is 1. The van der Waals surface area contributed by atoms with Crippen LogP contribution in [0.2, 0.25) is 0 Å². The molecule has 2 rings (SSSR count). The van der Waals surface area contributed by atoms with Crippen LogP contribution in [0.5, 0.6) is 5.75 Å². The molecule has 1 aliphatic rings. The van der Waals surface area contributed by atoms with Crippen molar-refractivity contribution in [2.45, 2.75) is 71.3 Å². The summed E-state index contributed by atoms with van der Waals surface area (Å²) in [5, 5.41) is 14.3. The van der Waals surface area contributed by atoms with Crippen molar-refractivity contribution in [1.29, 1.82) is 0 Å². The van der Waals surface area contributed by atoms with Crippen LogP contribution < -0.4 is 5.32 Å². The minimum Gasteiger partial charge on any atom is -0.507 e. The third-order valence-corrected chi connectivity index (χ3v) is 5.17. The molecule has 0 unspecified atom stereocenters. The number of halogens is 2. The van der Waals surface area contributed by atoms with Gasteiger partial charge in [0.15, 0.2) is 0 Å². The lowest BCUT2D eigenvalue weighted by molar-refractivity contribution is 0.0728. The Kier molecular flexibility index (Phi) is 6.34. The van der Waals surface area contributed by atoms with Crippen LogP contribution in [0.3, 0.4) is 0 Å². The molecule has 0 amide bonds. The number of rotatable bonds is 4. The maximum atomic E-state index is 13.4. The molecule has 2 N–H and O–H groups in total. The third kappa shape index (κ3) is 4.95. The van der Waals surface area contributed by atoms with Crippen molar-refractivity contribution in [2.75, 3.05) is 26.2 Å². The highest BCUT2D eigenvalue weighted by atomic mass is 19.3. The Hall–Kier alpha value is -1.20. The number of hydrogen-bond donors (Lipinski definition) is 2. The predicted octanol–water partition coefficient (Wildman–Crippen LogP) is 4.59. The molecule has 26 heavy (non-hydrogen) atoms. The van der Waals surface area contributed by atoms with Crippen LogP contribution in [0, 0.1) is 0 Å². The van der Waals surface area contributed by atoms with Gasteiger partial charge in [0.1, 0.15) is 5.75 Å². The molecule has 0 bridgehead atoms. The molecule has 1 atom stereocenters. The van der Waals surface area contributed by atoms with Gasteiger partial charge in [0.05, 0.1) is 0 Å². The number of nitrogens with one attached hydrogen (secondary N) is 1. The number of hydrogen-bond acceptors (Lipinski definition) is 3. The summed E-state index contributed by atoms with van der Waals surface area (Å²) in [7, 11) is 0. The third-order valence-electron chi connectivity index (χ3n) is 5.17. The lowest BCUT2D eigenvalue weighted by Crippen LogP contribution is -2.45. The Morgan fingerprint density at radius 3 is 2.08 bits per heavy atom. The molecule has 1 fully saturated rings. The average molecular weight is 369 g/mol. The van der Waals surface area contributed by atoms with Gasteiger partial charge >= 0.3 is 0 Å². The molecule has 0 spiro atoms. The first-order valence-corrected chi connectivity index (χ1v) is 9.52. The molecule has 0 aliphatic carbocycles. The number of benzene rings is 1. The predicted molar refractivity (Wildman–Crippen MR) is 103 cm³/mol. The van der Waals surface area contributed by atoms with Crippen molar-refractivity contribution >= 4 is 0 Å². The van der Waals surface area contributed by atoms with Gasteiger partial charge in [-0.15, -0.1) is 0 Å². The molecular formula is C21H34F2N2O. The van der Waals surface area contributed by atoms with E-state index in [-0.39, 0.29) is 23.0 Å². The first-order chi connectivity index (χ1) is 11.9. The number of piperazine rings is 1. The summed E-state index contributed by atoms with van der Waals surface area (Å²) in [6.45, 7) is 15.5. The second-order valence-electron chi connectivity index (χ2n) is 9.39. The van der Waals surface area contributed by atoms with Gasteiger partial charge in [-0.2, -0.15) is 0 Å². The summed E-state index contributed by atoms with van der Waals surface area (Å²) in [5.41, 5.74) is 2.16. The van der Waals surface area contributed by atoms with Crippen LogP contribution in [0.4, 0.5) is 8.78 Å². The first-order valence-electron chi connectivity index (χ1n) is 9.52. The minimum absolute atomic E-state index is 0.124. The summed E-state index contributed by atoms with van der Waals surface area (Å²) < 4.78 is 26.8. The topological polar surface area (TPSA) is 35.5 Å². The summed E-state index contributed by atoms with van der Waals surface area (Å²) >= 11 is 0. The Balaban J connectivity index is 2.61. The Morgan fingerprint density at radius 2 is 1.62 bits per heavy atom. The smallest absolute Gasteiger partial charge is 0.240 e. The van der Waals surface area contributed by atoms with Crippen LogP contribution in [0.1, 0.15) is 70.7 Å². The largest absolute Gasteiger partial charge is 0.507 e. The molecular weight excluding hydrogens is 334 g/mol. The monoisotopic (exact) mass is 368 g/mol. The van der Waals surface area contributed by atoms with E-state index in [2.05, 4.69) is 31.0 Å². The Labute approximate surface area is 156 Å². The SMILES string of the molecule is CC(C)(C)c1cc([C@@H](CC(F)F)N2CCNCC2)c(O)c(C(C)(C)C)c1. The molecule has 1 saturated heterocycles. The summed E-state index contributed by atoms with van der Waals surface area (Å²) in [4.78, 5) is 2.08. The molecule has 5 heteroatoms. The lowest BCUT2D eigenvalue weighted by atomic mass is 9.77. The average Bonchev–Trinajstić information content (AvgIpc) is 2.51. The van der Waals surface area contributed by atoms with Crippen molar-refractivity contribution in [3.05, 3.63) is 28.8 Å². The zero-order valence-electron chi connectivity index (χ0n) is 17.0. The fourth-order valence-corrected chi connectivity index (χ4v) is 3.55.